The molecule has 0 N–H and O–H groups in total. The van der Waals surface area contributed by atoms with Crippen LogP contribution in [0.3, 0.4) is 0 Å². The highest BCUT2D eigenvalue weighted by Crippen LogP contribution is 2.38. The number of hydrogen-bond donors (Lipinski definition) is 0. The van der Waals surface area contributed by atoms with Crippen molar-refractivity contribution in [2.24, 2.45) is 0 Å². The van der Waals surface area contributed by atoms with Gasteiger partial charge >= 0.3 is 0 Å². The van der Waals surface area contributed by atoms with Gasteiger partial charge in [-0.15, -0.1) is 0 Å². The van der Waals surface area contributed by atoms with E-state index in [0.29, 0.717) is 5.56 Å². The molecule has 2 aromatic rings. The molecule has 2 atom stereocenters. The second kappa shape index (κ2) is 5.61. The minimum atomic E-state index is -0.420. The molecule has 0 fully saturated rings. The van der Waals surface area contributed by atoms with Crippen LogP contribution in [0.15, 0.2) is 48.5 Å². The van der Waals surface area contributed by atoms with E-state index in [1.807, 2.05) is 37.3 Å². The number of hydrogen-bond acceptors (Lipinski definition) is 0. The third-order valence-electron chi connectivity index (χ3n) is 3.02. The zero-order valence-electron chi connectivity index (χ0n) is 9.91. The minimum absolute atomic E-state index is 0.0579. The van der Waals surface area contributed by atoms with E-state index in [0.717, 1.165) is 17.7 Å². The molecular weight excluding hydrogens is 298 g/mol. The van der Waals surface area contributed by atoms with E-state index in [9.17, 15) is 8.78 Å². The Morgan fingerprint density at radius 2 is 1.67 bits per heavy atom. The zero-order valence-corrected chi connectivity index (χ0v) is 11.5. The molecule has 3 heteroatoms. The summed E-state index contributed by atoms with van der Waals surface area (Å²) in [4.78, 5) is -0.254. The maximum atomic E-state index is 13.7. The Kier molecular flexibility index (Phi) is 4.12. The Morgan fingerprint density at radius 3 is 2.33 bits per heavy atom. The van der Waals surface area contributed by atoms with Gasteiger partial charge in [0, 0.05) is 10.4 Å². The minimum Gasteiger partial charge on any atom is -0.207 e. The van der Waals surface area contributed by atoms with E-state index < -0.39 is 5.82 Å². The van der Waals surface area contributed by atoms with Crippen molar-refractivity contribution in [3.8, 4) is 0 Å². The van der Waals surface area contributed by atoms with E-state index in [1.54, 1.807) is 0 Å². The zero-order chi connectivity index (χ0) is 13.1. The van der Waals surface area contributed by atoms with Crippen molar-refractivity contribution in [3.05, 3.63) is 71.3 Å². The molecule has 0 aliphatic rings. The SMILES string of the molecule is CC(c1ccccc1)C(Br)c1cc(F)ccc1F. The molecule has 2 aromatic carbocycles. The molecule has 18 heavy (non-hydrogen) atoms. The van der Waals surface area contributed by atoms with E-state index >= 15 is 0 Å². The van der Waals surface area contributed by atoms with Crippen molar-refractivity contribution in [2.75, 3.05) is 0 Å². The smallest absolute Gasteiger partial charge is 0.127 e. The highest BCUT2D eigenvalue weighted by molar-refractivity contribution is 9.09. The summed E-state index contributed by atoms with van der Waals surface area (Å²) in [6, 6.07) is 13.3. The van der Waals surface area contributed by atoms with Crippen LogP contribution < -0.4 is 0 Å². The topological polar surface area (TPSA) is 0 Å². The van der Waals surface area contributed by atoms with Crippen LogP contribution in [0.25, 0.3) is 0 Å². The Balaban J connectivity index is 2.31. The van der Waals surface area contributed by atoms with Crippen molar-refractivity contribution < 1.29 is 8.78 Å². The average Bonchev–Trinajstić information content (AvgIpc) is 2.41. The van der Waals surface area contributed by atoms with Gasteiger partial charge in [-0.1, -0.05) is 53.2 Å². The van der Waals surface area contributed by atoms with Gasteiger partial charge in [-0.25, -0.2) is 8.78 Å². The molecule has 0 saturated carbocycles. The van der Waals surface area contributed by atoms with Crippen LogP contribution in [-0.2, 0) is 0 Å². The maximum absolute atomic E-state index is 13.7. The van der Waals surface area contributed by atoms with Gasteiger partial charge in [0.1, 0.15) is 11.6 Å². The first kappa shape index (κ1) is 13.2. The summed E-state index contributed by atoms with van der Waals surface area (Å²) in [5, 5.41) is 0. The van der Waals surface area contributed by atoms with E-state index in [2.05, 4.69) is 15.9 Å². The van der Waals surface area contributed by atoms with Gasteiger partial charge in [0.2, 0.25) is 0 Å². The quantitative estimate of drug-likeness (QED) is 0.683. The van der Waals surface area contributed by atoms with Crippen molar-refractivity contribution >= 4 is 15.9 Å². The Morgan fingerprint density at radius 1 is 1.00 bits per heavy atom. The van der Waals surface area contributed by atoms with Crippen LogP contribution in [0.4, 0.5) is 8.78 Å². The van der Waals surface area contributed by atoms with E-state index in [1.165, 1.54) is 6.07 Å². The second-order valence-corrected chi connectivity index (χ2v) is 5.25. The predicted molar refractivity (Wildman–Crippen MR) is 72.9 cm³/mol. The van der Waals surface area contributed by atoms with Gasteiger partial charge in [0.25, 0.3) is 0 Å². The van der Waals surface area contributed by atoms with Crippen LogP contribution in [0.5, 0.6) is 0 Å². The Bertz CT molecular complexity index is 525. The first-order chi connectivity index (χ1) is 8.59. The molecule has 0 bridgehead atoms. The number of benzene rings is 2. The second-order valence-electron chi connectivity index (χ2n) is 4.27. The van der Waals surface area contributed by atoms with Crippen LogP contribution in [0.1, 0.15) is 28.8 Å². The van der Waals surface area contributed by atoms with E-state index in [4.69, 9.17) is 0 Å². The first-order valence-electron chi connectivity index (χ1n) is 5.73. The summed E-state index contributed by atoms with van der Waals surface area (Å²) in [6.45, 7) is 1.99. The van der Waals surface area contributed by atoms with Crippen molar-refractivity contribution in [3.63, 3.8) is 0 Å². The van der Waals surface area contributed by atoms with Crippen molar-refractivity contribution in [2.45, 2.75) is 17.7 Å². The highest BCUT2D eigenvalue weighted by Gasteiger charge is 2.21. The summed E-state index contributed by atoms with van der Waals surface area (Å²) in [5.41, 5.74) is 1.44. The largest absolute Gasteiger partial charge is 0.207 e. The molecule has 0 aliphatic heterocycles. The summed E-state index contributed by atoms with van der Waals surface area (Å²) in [7, 11) is 0. The lowest BCUT2D eigenvalue weighted by molar-refractivity contribution is 0.575. The van der Waals surface area contributed by atoms with Gasteiger partial charge in [0.15, 0.2) is 0 Å². The summed E-state index contributed by atoms with van der Waals surface area (Å²) >= 11 is 3.47. The molecule has 0 aromatic heterocycles. The normalized spacial score (nSPS) is 14.2. The molecule has 0 spiro atoms. The third-order valence-corrected chi connectivity index (χ3v) is 4.31. The summed E-state index contributed by atoms with van der Waals surface area (Å²) in [6.07, 6.45) is 0. The standard InChI is InChI=1S/C15H13BrF2/c1-10(11-5-3-2-4-6-11)15(16)13-9-12(17)7-8-14(13)18/h2-10,15H,1H3. The molecular formula is C15H13BrF2. The molecule has 0 radical (unpaired) electrons. The molecule has 0 amide bonds. The fourth-order valence-corrected chi connectivity index (χ4v) is 2.58. The summed E-state index contributed by atoms with van der Waals surface area (Å²) in [5.74, 6) is -0.750. The van der Waals surface area contributed by atoms with Gasteiger partial charge in [0.05, 0.1) is 0 Å². The van der Waals surface area contributed by atoms with Crippen LogP contribution >= 0.6 is 15.9 Å². The number of rotatable bonds is 3. The number of alkyl halides is 1. The van der Waals surface area contributed by atoms with Gasteiger partial charge in [-0.05, 0) is 29.7 Å². The third kappa shape index (κ3) is 2.78. The van der Waals surface area contributed by atoms with Crippen LogP contribution in [0.2, 0.25) is 0 Å². The lowest BCUT2D eigenvalue weighted by Gasteiger charge is -2.19. The molecule has 0 saturated heterocycles. The lowest BCUT2D eigenvalue weighted by atomic mass is 9.93. The van der Waals surface area contributed by atoms with Crippen LogP contribution in [-0.4, -0.2) is 0 Å². The molecule has 0 nitrogen and oxygen atoms in total. The molecule has 0 heterocycles. The number of halogens is 3. The predicted octanol–water partition coefficient (Wildman–Crippen LogP) is 5.20. The molecule has 94 valence electrons. The maximum Gasteiger partial charge on any atom is 0.127 e. The van der Waals surface area contributed by atoms with E-state index in [-0.39, 0.29) is 16.6 Å². The molecule has 2 rings (SSSR count). The Labute approximate surface area is 114 Å². The lowest BCUT2D eigenvalue weighted by Crippen LogP contribution is -2.04. The van der Waals surface area contributed by atoms with Gasteiger partial charge in [-0.2, -0.15) is 0 Å². The summed E-state index contributed by atoms with van der Waals surface area (Å²) < 4.78 is 26.9. The van der Waals surface area contributed by atoms with Gasteiger partial charge in [-0.3, -0.25) is 0 Å². The molecule has 2 unspecified atom stereocenters. The highest BCUT2D eigenvalue weighted by atomic mass is 79.9. The monoisotopic (exact) mass is 310 g/mol. The first-order valence-corrected chi connectivity index (χ1v) is 6.65. The van der Waals surface area contributed by atoms with Gasteiger partial charge < -0.3 is 0 Å². The average molecular weight is 311 g/mol. The fourth-order valence-electron chi connectivity index (χ4n) is 1.92. The fraction of sp³-hybridized carbons (Fsp3) is 0.200. The van der Waals surface area contributed by atoms with Crippen molar-refractivity contribution in [1.82, 2.24) is 0 Å². The Hall–Kier alpha value is -1.22. The van der Waals surface area contributed by atoms with Crippen LogP contribution in [0, 0.1) is 11.6 Å². The van der Waals surface area contributed by atoms with Crippen molar-refractivity contribution in [1.29, 1.82) is 0 Å². The molecule has 0 aliphatic carbocycles.